The molecule has 18 nitrogen and oxygen atoms in total. The summed E-state index contributed by atoms with van der Waals surface area (Å²) in [6, 6.07) is 0. The van der Waals surface area contributed by atoms with E-state index in [1.807, 2.05) is 0 Å². The largest absolute Gasteiger partial charge is 0.790 e. The van der Waals surface area contributed by atoms with Crippen molar-refractivity contribution < 1.29 is 61.4 Å². The smallest absolute Gasteiger partial charge is 0.278 e. The minimum absolute atomic E-state index is 0.0384. The first-order chi connectivity index (χ1) is 14.2. The molecule has 1 aliphatic rings. The molecule has 2 unspecified atom stereocenters. The molecular weight excluding hydrogens is 493 g/mol. The summed E-state index contributed by atoms with van der Waals surface area (Å²) in [7, 11) is -18.1. The predicted molar refractivity (Wildman–Crippen MR) is 85.0 cm³/mol. The first-order valence-corrected chi connectivity index (χ1v) is 12.2. The number of imidazole rings is 1. The van der Waals surface area contributed by atoms with E-state index < -0.39 is 60.2 Å². The highest BCUT2D eigenvalue weighted by Crippen LogP contribution is 2.60. The average Bonchev–Trinajstić information content (AvgIpc) is 3.13. The van der Waals surface area contributed by atoms with Crippen LogP contribution in [-0.2, 0) is 31.6 Å². The third-order valence-corrected chi connectivity index (χ3v) is 7.44. The van der Waals surface area contributed by atoms with E-state index in [0.29, 0.717) is 0 Å². The second-order valence-electron chi connectivity index (χ2n) is 5.90. The highest BCUT2D eigenvalue weighted by molar-refractivity contribution is 7.64. The van der Waals surface area contributed by atoms with Gasteiger partial charge in [-0.1, -0.05) is 0 Å². The van der Waals surface area contributed by atoms with Crippen LogP contribution in [0.4, 0.5) is 0 Å². The third kappa shape index (κ3) is 5.71. The van der Waals surface area contributed by atoms with Gasteiger partial charge < -0.3 is 48.6 Å². The Kier molecular flexibility index (Phi) is 6.68. The zero-order valence-corrected chi connectivity index (χ0v) is 17.3. The molecule has 0 amide bonds. The van der Waals surface area contributed by atoms with Gasteiger partial charge in [0.2, 0.25) is 0 Å². The minimum Gasteiger partial charge on any atom is -0.790 e. The zero-order chi connectivity index (χ0) is 23.2. The minimum atomic E-state index is -6.15. The van der Waals surface area contributed by atoms with Crippen molar-refractivity contribution in [3.63, 3.8) is 0 Å². The number of aliphatic hydroxyl groups is 2. The third-order valence-electron chi connectivity index (χ3n) is 3.77. The topological polar surface area (TPSA) is 284 Å². The van der Waals surface area contributed by atoms with Gasteiger partial charge in [0, 0.05) is 0 Å². The number of nitrogens with zero attached hydrogens (tertiary/aromatic N) is 3. The lowest BCUT2D eigenvalue weighted by Crippen LogP contribution is -2.34. The molecule has 0 spiro atoms. The van der Waals surface area contributed by atoms with Gasteiger partial charge in [0.25, 0.3) is 21.2 Å². The Hall–Kier alpha value is -1.36. The summed E-state index contributed by atoms with van der Waals surface area (Å²) in [6.45, 7) is -1.11. The maximum absolute atomic E-state index is 11.7. The molecule has 2 aromatic heterocycles. The number of H-pyrrole nitrogens is 1. The zero-order valence-electron chi connectivity index (χ0n) is 14.6. The Morgan fingerprint density at radius 3 is 2.42 bits per heavy atom. The molecule has 0 bridgehead atoms. The van der Waals surface area contributed by atoms with Crippen molar-refractivity contribution >= 4 is 34.6 Å². The molecule has 6 atom stereocenters. The van der Waals surface area contributed by atoms with Gasteiger partial charge in [-0.05, 0) is 0 Å². The number of nitrogens with one attached hydrogen (secondary N) is 1. The molecule has 0 saturated carbocycles. The molecule has 3 heterocycles. The fourth-order valence-corrected chi connectivity index (χ4v) is 5.46. The molecule has 174 valence electrons. The highest BCUT2D eigenvalue weighted by Gasteiger charge is 2.45. The average molecular weight is 504 g/mol. The summed E-state index contributed by atoms with van der Waals surface area (Å²) >= 11 is 0. The summed E-state index contributed by atoms with van der Waals surface area (Å²) in [6.07, 6.45) is -4.35. The Bertz CT molecular complexity index is 1160. The highest BCUT2D eigenvalue weighted by atomic mass is 31.3. The number of hydrogen-bond acceptors (Lipinski definition) is 16. The van der Waals surface area contributed by atoms with Gasteiger partial charge in [-0.3, -0.25) is 22.8 Å². The van der Waals surface area contributed by atoms with Gasteiger partial charge in [-0.2, -0.15) is 0 Å². The molecule has 21 heteroatoms. The van der Waals surface area contributed by atoms with Crippen molar-refractivity contribution in [2.75, 3.05) is 6.61 Å². The number of aromatic amines is 1. The van der Waals surface area contributed by atoms with E-state index in [1.165, 1.54) is 0 Å². The summed E-state index contributed by atoms with van der Waals surface area (Å²) in [5, 5.41) is 20.3. The van der Waals surface area contributed by atoms with Crippen LogP contribution < -0.4 is 25.1 Å². The number of rotatable bonds is 8. The Balaban J connectivity index is 1.70. The molecule has 0 aromatic carbocycles. The van der Waals surface area contributed by atoms with Crippen LogP contribution in [0.2, 0.25) is 0 Å². The Morgan fingerprint density at radius 2 is 1.77 bits per heavy atom. The lowest BCUT2D eigenvalue weighted by molar-refractivity contribution is -0.339. The molecule has 1 saturated heterocycles. The number of phosphoric ester groups is 1. The van der Waals surface area contributed by atoms with Crippen molar-refractivity contribution in [3.05, 3.63) is 23.0 Å². The first-order valence-electron chi connectivity index (χ1n) is 7.82. The van der Waals surface area contributed by atoms with Crippen molar-refractivity contribution in [2.24, 2.45) is 0 Å². The fraction of sp³-hybridized carbons (Fsp3) is 0.500. The normalized spacial score (nSPS) is 28.5. The van der Waals surface area contributed by atoms with Crippen molar-refractivity contribution in [1.82, 2.24) is 19.5 Å². The molecule has 1 fully saturated rings. The van der Waals surface area contributed by atoms with Gasteiger partial charge in [-0.15, -0.1) is 0 Å². The van der Waals surface area contributed by atoms with Crippen LogP contribution in [0.3, 0.4) is 0 Å². The SMILES string of the molecule is O=c1[nH]cnc2c1ncn2[C@@H]1O[C@@H](COP(=O)([O-])OP(=O)([O-])OP(=O)([O-])[O-])[C@@H](O)[C@H]1O. The van der Waals surface area contributed by atoms with Crippen molar-refractivity contribution in [3.8, 4) is 0 Å². The molecule has 2 aromatic rings. The molecule has 0 aliphatic carbocycles. The fourth-order valence-electron chi connectivity index (χ4n) is 2.59. The van der Waals surface area contributed by atoms with Gasteiger partial charge in [0.1, 0.15) is 18.3 Å². The molecule has 0 radical (unpaired) electrons. The van der Waals surface area contributed by atoms with Crippen LogP contribution in [0.15, 0.2) is 17.4 Å². The van der Waals surface area contributed by atoms with E-state index in [4.69, 9.17) is 4.74 Å². The monoisotopic (exact) mass is 504 g/mol. The van der Waals surface area contributed by atoms with Crippen molar-refractivity contribution in [1.29, 1.82) is 0 Å². The van der Waals surface area contributed by atoms with E-state index in [9.17, 15) is 48.3 Å². The number of phosphoric acid groups is 3. The lowest BCUT2D eigenvalue weighted by Gasteiger charge is -2.37. The van der Waals surface area contributed by atoms with Gasteiger partial charge in [0.05, 0.1) is 27.1 Å². The van der Waals surface area contributed by atoms with Crippen LogP contribution in [0.1, 0.15) is 6.23 Å². The van der Waals surface area contributed by atoms with E-state index in [2.05, 4.69) is 28.1 Å². The number of ether oxygens (including phenoxy) is 1. The van der Waals surface area contributed by atoms with Crippen LogP contribution in [-0.4, -0.2) is 54.7 Å². The Labute approximate surface area is 170 Å². The number of aromatic nitrogens is 4. The quantitative estimate of drug-likeness (QED) is 0.286. The van der Waals surface area contributed by atoms with E-state index in [0.717, 1.165) is 17.2 Å². The molecule has 31 heavy (non-hydrogen) atoms. The van der Waals surface area contributed by atoms with Gasteiger partial charge in [0.15, 0.2) is 17.4 Å². The summed E-state index contributed by atoms with van der Waals surface area (Å²) in [5.74, 6) is 0. The van der Waals surface area contributed by atoms with Crippen LogP contribution in [0.5, 0.6) is 0 Å². The summed E-state index contributed by atoms with van der Waals surface area (Å²) in [5.41, 5.74) is -0.764. The van der Waals surface area contributed by atoms with Crippen LogP contribution >= 0.6 is 23.5 Å². The maximum atomic E-state index is 11.7. The van der Waals surface area contributed by atoms with Gasteiger partial charge >= 0.3 is 0 Å². The maximum Gasteiger partial charge on any atom is 0.278 e. The first kappa shape index (κ1) is 24.3. The summed E-state index contributed by atoms with van der Waals surface area (Å²) in [4.78, 5) is 64.9. The predicted octanol–water partition coefficient (Wildman–Crippen LogP) is -4.45. The van der Waals surface area contributed by atoms with Gasteiger partial charge in [-0.25, -0.2) is 14.3 Å². The Morgan fingerprint density at radius 1 is 1.10 bits per heavy atom. The number of hydrogen-bond donors (Lipinski definition) is 3. The molecule has 3 rings (SSSR count). The van der Waals surface area contributed by atoms with Crippen LogP contribution in [0.25, 0.3) is 11.2 Å². The van der Waals surface area contributed by atoms with E-state index in [-0.39, 0.29) is 11.2 Å². The second kappa shape index (κ2) is 8.53. The van der Waals surface area contributed by atoms with Crippen LogP contribution in [0, 0.1) is 0 Å². The molecule has 1 aliphatic heterocycles. The van der Waals surface area contributed by atoms with E-state index >= 15 is 0 Å². The number of fused-ring (bicyclic) bond motifs is 1. The second-order valence-corrected chi connectivity index (χ2v) is 10.2. The number of aliphatic hydroxyl groups excluding tert-OH is 2. The molecular formula is C10H11N4O14P3-4. The van der Waals surface area contributed by atoms with E-state index in [1.54, 1.807) is 0 Å². The summed E-state index contributed by atoms with van der Waals surface area (Å²) < 4.78 is 50.0. The molecule has 3 N–H and O–H groups in total. The lowest BCUT2D eigenvalue weighted by atomic mass is 10.1. The standard InChI is InChI=1S/C10H15N4O14P3/c15-6-4(1-25-30(21,22)28-31(23,24)27-29(18,19)20)26-10(7(6)16)14-3-13-5-8(14)11-2-12-9(5)17/h2-4,6-7,10,15-16H,1H2,(H,21,22)(H,23,24)(H,11,12,17)(H2,18,19,20)/p-4/t4-,6+,7+,10+/m0/s1. The van der Waals surface area contributed by atoms with Crippen molar-refractivity contribution in [2.45, 2.75) is 24.5 Å².